The van der Waals surface area contributed by atoms with Crippen LogP contribution in [0.4, 0.5) is 0 Å². The number of pyridine rings is 3. The molecular weight excluding hydrogens is 579 g/mol. The summed E-state index contributed by atoms with van der Waals surface area (Å²) in [4.78, 5) is 12.1. The van der Waals surface area contributed by atoms with Gasteiger partial charge >= 0.3 is 0 Å². The second-order valence-corrected chi connectivity index (χ2v) is 7.06. The third-order valence-corrected chi connectivity index (χ3v) is 4.83. The van der Waals surface area contributed by atoms with Gasteiger partial charge in [0, 0.05) is 72.5 Å². The average Bonchev–Trinajstić information content (AvgIpc) is 2.86. The van der Waals surface area contributed by atoms with E-state index >= 15 is 0 Å². The number of fused-ring (bicyclic) bond motifs is 3. The maximum Gasteiger partial charge on any atom is 0.141 e. The second kappa shape index (κ2) is 12.1. The van der Waals surface area contributed by atoms with Gasteiger partial charge in [0.25, 0.3) is 0 Å². The minimum Gasteiger partial charge on any atom is -0.506 e. The van der Waals surface area contributed by atoms with E-state index in [4.69, 9.17) is 0 Å². The molecule has 3 N–H and O–H groups in total. The Bertz CT molecular complexity index is 1330. The van der Waals surface area contributed by atoms with Crippen molar-refractivity contribution in [2.75, 3.05) is 0 Å². The molecule has 0 amide bonds. The zero-order valence-corrected chi connectivity index (χ0v) is 19.8. The molecule has 0 saturated heterocycles. The fourth-order valence-corrected chi connectivity index (χ4v) is 3.26. The molecular formula is C27H21HoN3O3. The summed E-state index contributed by atoms with van der Waals surface area (Å²) in [6, 6.07) is 27.4. The first-order valence-electron chi connectivity index (χ1n) is 10.2. The van der Waals surface area contributed by atoms with Crippen LogP contribution in [-0.2, 0) is 0 Å². The van der Waals surface area contributed by atoms with Crippen LogP contribution >= 0.6 is 0 Å². The van der Waals surface area contributed by atoms with Crippen LogP contribution in [0.3, 0.4) is 0 Å². The minimum atomic E-state index is 0. The van der Waals surface area contributed by atoms with Crippen molar-refractivity contribution in [1.82, 2.24) is 15.0 Å². The summed E-state index contributed by atoms with van der Waals surface area (Å²) >= 11 is 0. The number of nitrogens with zero attached hydrogens (tertiary/aromatic N) is 3. The van der Waals surface area contributed by atoms with Crippen LogP contribution in [0, 0.1) is 37.7 Å². The Kier molecular flexibility index (Phi) is 8.99. The summed E-state index contributed by atoms with van der Waals surface area (Å²) in [5.74, 6) is 0.717. The smallest absolute Gasteiger partial charge is 0.141 e. The van der Waals surface area contributed by atoms with E-state index in [9.17, 15) is 15.3 Å². The standard InChI is InChI=1S/3C9H7NO.Ho/c3*11-8-5-1-3-7-4-2-6-10-9(7)8;/h3*1-6,11H;. The molecule has 0 aliphatic carbocycles. The zero-order valence-electron chi connectivity index (χ0n) is 17.9. The molecule has 6 rings (SSSR count). The molecule has 0 fully saturated rings. The summed E-state index contributed by atoms with van der Waals surface area (Å²) in [5, 5.41) is 30.8. The molecule has 6 aromatic rings. The van der Waals surface area contributed by atoms with Crippen LogP contribution in [-0.4, -0.2) is 30.3 Å². The van der Waals surface area contributed by atoms with E-state index < -0.39 is 0 Å². The molecule has 7 heteroatoms. The molecule has 0 aliphatic heterocycles. The molecule has 0 unspecified atom stereocenters. The maximum absolute atomic E-state index is 9.31. The fourth-order valence-electron chi connectivity index (χ4n) is 3.26. The summed E-state index contributed by atoms with van der Waals surface area (Å²) < 4.78 is 0. The molecule has 0 bridgehead atoms. The summed E-state index contributed by atoms with van der Waals surface area (Å²) in [6.07, 6.45) is 5.01. The van der Waals surface area contributed by atoms with E-state index in [-0.39, 0.29) is 55.0 Å². The Morgan fingerprint density at radius 3 is 0.912 bits per heavy atom. The first kappa shape index (κ1) is 25.2. The van der Waals surface area contributed by atoms with E-state index in [1.165, 1.54) is 0 Å². The topological polar surface area (TPSA) is 99.4 Å². The van der Waals surface area contributed by atoms with E-state index in [2.05, 4.69) is 15.0 Å². The second-order valence-electron chi connectivity index (χ2n) is 7.06. The molecule has 0 aliphatic rings. The van der Waals surface area contributed by atoms with Crippen molar-refractivity contribution in [1.29, 1.82) is 0 Å². The third kappa shape index (κ3) is 6.11. The van der Waals surface area contributed by atoms with Gasteiger partial charge < -0.3 is 15.3 Å². The first-order chi connectivity index (χ1) is 16.1. The molecule has 1 radical (unpaired) electrons. The first-order valence-corrected chi connectivity index (χ1v) is 10.2. The van der Waals surface area contributed by atoms with Gasteiger partial charge in [-0.25, -0.2) is 0 Å². The van der Waals surface area contributed by atoms with Crippen molar-refractivity contribution < 1.29 is 53.1 Å². The molecule has 0 saturated carbocycles. The Balaban J connectivity index is 0.000000141. The van der Waals surface area contributed by atoms with Gasteiger partial charge in [0.1, 0.15) is 33.8 Å². The number of aromatic hydroxyl groups is 3. The van der Waals surface area contributed by atoms with Crippen LogP contribution in [0.2, 0.25) is 0 Å². The van der Waals surface area contributed by atoms with Gasteiger partial charge in [-0.3, -0.25) is 15.0 Å². The number of hydrogen-bond donors (Lipinski definition) is 3. The molecule has 3 heterocycles. The monoisotopic (exact) mass is 600 g/mol. The van der Waals surface area contributed by atoms with E-state index in [0.717, 1.165) is 16.2 Å². The van der Waals surface area contributed by atoms with Crippen molar-refractivity contribution in [3.8, 4) is 17.2 Å². The quantitative estimate of drug-likeness (QED) is 0.190. The van der Waals surface area contributed by atoms with E-state index in [0.29, 0.717) is 16.6 Å². The van der Waals surface area contributed by atoms with Crippen molar-refractivity contribution in [2.45, 2.75) is 0 Å². The third-order valence-electron chi connectivity index (χ3n) is 4.83. The normalized spacial score (nSPS) is 9.88. The molecule has 0 atom stereocenters. The van der Waals surface area contributed by atoms with Gasteiger partial charge in [-0.1, -0.05) is 54.6 Å². The number of benzene rings is 3. The van der Waals surface area contributed by atoms with Crippen LogP contribution in [0.25, 0.3) is 32.7 Å². The Morgan fingerprint density at radius 2 is 0.647 bits per heavy atom. The Labute approximate surface area is 226 Å². The van der Waals surface area contributed by atoms with Gasteiger partial charge in [0.05, 0.1) is 0 Å². The molecule has 3 aromatic heterocycles. The molecule has 173 valence electrons. The summed E-state index contributed by atoms with van der Waals surface area (Å²) in [5.41, 5.74) is 1.99. The van der Waals surface area contributed by atoms with Crippen molar-refractivity contribution in [3.63, 3.8) is 0 Å². The molecule has 34 heavy (non-hydrogen) atoms. The van der Waals surface area contributed by atoms with E-state index in [1.807, 2.05) is 54.6 Å². The summed E-state index contributed by atoms with van der Waals surface area (Å²) in [6.45, 7) is 0. The SMILES string of the molecule is Oc1cccc2cccnc12.Oc1cccc2cccnc12.Oc1cccc2cccnc12.[Ho]. The average molecular weight is 600 g/mol. The van der Waals surface area contributed by atoms with Crippen LogP contribution in [0.5, 0.6) is 17.2 Å². The summed E-state index contributed by atoms with van der Waals surface area (Å²) in [7, 11) is 0. The number of para-hydroxylation sites is 3. The van der Waals surface area contributed by atoms with Crippen molar-refractivity contribution in [2.24, 2.45) is 0 Å². The predicted octanol–water partition coefficient (Wildman–Crippen LogP) is 5.82. The number of phenols is 3. The zero-order chi connectivity index (χ0) is 23.0. The maximum atomic E-state index is 9.31. The van der Waals surface area contributed by atoms with Gasteiger partial charge in [-0.05, 0) is 36.4 Å². The molecule has 0 spiro atoms. The number of rotatable bonds is 0. The molecule has 3 aromatic carbocycles. The molecule has 6 nitrogen and oxygen atoms in total. The number of aromatic nitrogens is 3. The van der Waals surface area contributed by atoms with Gasteiger partial charge in [0.15, 0.2) is 0 Å². The fraction of sp³-hybridized carbons (Fsp3) is 0. The van der Waals surface area contributed by atoms with E-state index in [1.54, 1.807) is 55.0 Å². The van der Waals surface area contributed by atoms with Crippen LogP contribution < -0.4 is 0 Å². The number of hydrogen-bond acceptors (Lipinski definition) is 6. The minimum absolute atomic E-state index is 0. The van der Waals surface area contributed by atoms with Gasteiger partial charge in [-0.2, -0.15) is 0 Å². The largest absolute Gasteiger partial charge is 0.506 e. The van der Waals surface area contributed by atoms with Crippen LogP contribution in [0.1, 0.15) is 0 Å². The Morgan fingerprint density at radius 1 is 0.382 bits per heavy atom. The van der Waals surface area contributed by atoms with Crippen molar-refractivity contribution in [3.05, 3.63) is 110 Å². The van der Waals surface area contributed by atoms with Gasteiger partial charge in [-0.15, -0.1) is 0 Å². The van der Waals surface area contributed by atoms with Gasteiger partial charge in [0.2, 0.25) is 0 Å². The van der Waals surface area contributed by atoms with Crippen LogP contribution in [0.15, 0.2) is 110 Å². The Hall–Kier alpha value is -3.45. The number of phenolic OH excluding ortho intramolecular Hbond substituents is 3. The van der Waals surface area contributed by atoms with Crippen molar-refractivity contribution >= 4 is 32.7 Å². The predicted molar refractivity (Wildman–Crippen MR) is 130 cm³/mol.